The van der Waals surface area contributed by atoms with Gasteiger partial charge in [-0.1, -0.05) is 103 Å². The zero-order chi connectivity index (χ0) is 38.6. The quantitative estimate of drug-likeness (QED) is 0.0797. The average Bonchev–Trinajstić information content (AvgIpc) is 3.48. The van der Waals surface area contributed by atoms with E-state index in [1.54, 1.807) is 20.1 Å². The molecule has 2 heterocycles. The summed E-state index contributed by atoms with van der Waals surface area (Å²) in [5.41, 5.74) is 0.298. The number of hydrogen-bond acceptors (Lipinski definition) is 9. The highest BCUT2D eigenvalue weighted by atomic mass is 19.4. The number of benzene rings is 1. The number of rotatable bonds is 20. The van der Waals surface area contributed by atoms with Crippen LogP contribution in [0.2, 0.25) is 0 Å². The van der Waals surface area contributed by atoms with Crippen LogP contribution in [0.3, 0.4) is 0 Å². The van der Waals surface area contributed by atoms with Crippen LogP contribution >= 0.6 is 0 Å². The number of hydrogen-bond donors (Lipinski definition) is 1. The van der Waals surface area contributed by atoms with Crippen LogP contribution in [0.1, 0.15) is 141 Å². The Morgan fingerprint density at radius 1 is 1.00 bits per heavy atom. The highest BCUT2D eigenvalue weighted by molar-refractivity contribution is 5.80. The lowest BCUT2D eigenvalue weighted by Gasteiger charge is -2.61. The molecule has 9 nitrogen and oxygen atoms in total. The topological polar surface area (TPSA) is 112 Å². The predicted molar refractivity (Wildman–Crippen MR) is 195 cm³/mol. The fraction of sp³-hybridized carbons (Fsp3) is 0.732. The van der Waals surface area contributed by atoms with Crippen LogP contribution in [0.25, 0.3) is 0 Å². The summed E-state index contributed by atoms with van der Waals surface area (Å²) in [5.74, 6) is 0.607. The number of methoxy groups -OCH3 is 1. The number of aliphatic hydroxyl groups is 1. The summed E-state index contributed by atoms with van der Waals surface area (Å²) in [6.07, 6.45) is 15.4. The molecule has 12 heteroatoms. The van der Waals surface area contributed by atoms with Gasteiger partial charge in [0.15, 0.2) is 23.7 Å². The van der Waals surface area contributed by atoms with Crippen molar-refractivity contribution in [2.24, 2.45) is 0 Å². The van der Waals surface area contributed by atoms with Gasteiger partial charge in [-0.3, -0.25) is 9.59 Å². The lowest BCUT2D eigenvalue weighted by molar-refractivity contribution is -0.175. The highest BCUT2D eigenvalue weighted by Gasteiger charge is 2.72. The number of piperidine rings is 1. The van der Waals surface area contributed by atoms with Gasteiger partial charge in [-0.25, -0.2) is 4.79 Å². The van der Waals surface area contributed by atoms with Gasteiger partial charge in [0.25, 0.3) is 0 Å². The zero-order valence-corrected chi connectivity index (χ0v) is 32.1. The van der Waals surface area contributed by atoms with E-state index in [0.717, 1.165) is 36.9 Å². The summed E-state index contributed by atoms with van der Waals surface area (Å²) in [6, 6.07) is 3.90. The van der Waals surface area contributed by atoms with Crippen LogP contribution in [0.5, 0.6) is 11.5 Å². The maximum absolute atomic E-state index is 13.2. The van der Waals surface area contributed by atoms with E-state index in [4.69, 9.17) is 23.7 Å². The maximum Gasteiger partial charge on any atom is 0.446 e. The third kappa shape index (κ3) is 10.1. The molecule has 53 heavy (non-hydrogen) atoms. The first-order valence-corrected chi connectivity index (χ1v) is 19.8. The van der Waals surface area contributed by atoms with Gasteiger partial charge in [-0.05, 0) is 57.5 Å². The number of likely N-dealkylation sites (N-methyl/N-ethyl adjacent to an activating group) is 1. The monoisotopic (exact) mass is 751 g/mol. The third-order valence-corrected chi connectivity index (χ3v) is 11.5. The van der Waals surface area contributed by atoms with E-state index < -0.39 is 41.7 Å². The molecule has 0 saturated carbocycles. The first kappa shape index (κ1) is 42.6. The molecule has 2 aliphatic carbocycles. The van der Waals surface area contributed by atoms with Crippen molar-refractivity contribution in [2.75, 3.05) is 20.7 Å². The molecule has 4 aliphatic rings. The molecular formula is C41H60F3NO8. The van der Waals surface area contributed by atoms with Crippen molar-refractivity contribution in [1.82, 2.24) is 4.90 Å². The van der Waals surface area contributed by atoms with Crippen molar-refractivity contribution in [2.45, 2.75) is 171 Å². The molecule has 0 aromatic heterocycles. The number of esters is 2. The molecule has 0 radical (unpaired) electrons. The summed E-state index contributed by atoms with van der Waals surface area (Å²) >= 11 is 0. The Balaban J connectivity index is 0.000000964. The minimum Gasteiger partial charge on any atom is -0.493 e. The molecule has 1 spiro atoms. The van der Waals surface area contributed by atoms with Crippen LogP contribution in [0.15, 0.2) is 24.0 Å². The Morgan fingerprint density at radius 3 is 2.11 bits per heavy atom. The molecule has 1 aromatic rings. The van der Waals surface area contributed by atoms with E-state index in [1.165, 1.54) is 77.0 Å². The van der Waals surface area contributed by atoms with Gasteiger partial charge in [-0.2, -0.15) is 13.2 Å². The number of alkyl halides is 3. The minimum atomic E-state index is -4.64. The van der Waals surface area contributed by atoms with E-state index in [2.05, 4.69) is 24.9 Å². The van der Waals surface area contributed by atoms with Crippen molar-refractivity contribution < 1.29 is 51.6 Å². The largest absolute Gasteiger partial charge is 0.493 e. The molecule has 1 fully saturated rings. The molecule has 0 unspecified atom stereocenters. The fourth-order valence-electron chi connectivity index (χ4n) is 8.73. The highest BCUT2D eigenvalue weighted by Crippen LogP contribution is 2.65. The van der Waals surface area contributed by atoms with Crippen LogP contribution in [0.4, 0.5) is 13.2 Å². The molecular weight excluding hydrogens is 691 g/mol. The van der Waals surface area contributed by atoms with Crippen LogP contribution in [-0.4, -0.2) is 79.0 Å². The maximum atomic E-state index is 13.2. The van der Waals surface area contributed by atoms with Crippen molar-refractivity contribution >= 4 is 18.2 Å². The van der Waals surface area contributed by atoms with Crippen molar-refractivity contribution in [1.29, 1.82) is 0 Å². The number of carbonyl (C=O) groups excluding carboxylic acids is 3. The SMILES string of the molecule is CCCCCCCCCCCCCCCCCC(=O)O[C@@H](C)C(=O)OC1=CC[C@@]2(O)[C@H]3Cc4ccc(OC)c5c4[C@@]2(CCN3C)[C@H]1O5.O=CC(F)(F)F. The molecule has 5 rings (SSSR count). The third-order valence-electron chi connectivity index (χ3n) is 11.5. The molecule has 2 aliphatic heterocycles. The summed E-state index contributed by atoms with van der Waals surface area (Å²) in [4.78, 5) is 36.7. The van der Waals surface area contributed by atoms with Gasteiger partial charge in [0.1, 0.15) is 5.76 Å². The number of unbranched alkanes of at least 4 members (excludes halogenated alkanes) is 14. The van der Waals surface area contributed by atoms with Crippen LogP contribution < -0.4 is 9.47 Å². The lowest BCUT2D eigenvalue weighted by Crippen LogP contribution is -2.74. The van der Waals surface area contributed by atoms with Gasteiger partial charge >= 0.3 is 18.1 Å². The average molecular weight is 752 g/mol. The van der Waals surface area contributed by atoms with E-state index in [1.807, 2.05) is 6.07 Å². The molecule has 298 valence electrons. The number of aldehydes is 1. The second-order valence-corrected chi connectivity index (χ2v) is 15.2. The number of carbonyl (C=O) groups is 3. The number of likely N-dealkylation sites (tertiary alicyclic amines) is 1. The van der Waals surface area contributed by atoms with Crippen LogP contribution in [0, 0.1) is 0 Å². The van der Waals surface area contributed by atoms with E-state index in [-0.39, 0.29) is 12.0 Å². The van der Waals surface area contributed by atoms with E-state index >= 15 is 0 Å². The molecule has 5 atom stereocenters. The zero-order valence-electron chi connectivity index (χ0n) is 32.1. The fourth-order valence-corrected chi connectivity index (χ4v) is 8.73. The van der Waals surface area contributed by atoms with Crippen molar-refractivity contribution in [3.05, 3.63) is 35.1 Å². The van der Waals surface area contributed by atoms with E-state index in [0.29, 0.717) is 42.9 Å². The summed E-state index contributed by atoms with van der Waals surface area (Å²) in [7, 11) is 3.67. The molecule has 1 aromatic carbocycles. The summed E-state index contributed by atoms with van der Waals surface area (Å²) in [5, 5.41) is 12.3. The lowest BCUT2D eigenvalue weighted by atomic mass is 9.50. The Hall–Kier alpha value is -3.12. The van der Waals surface area contributed by atoms with Crippen LogP contribution in [-0.2, 0) is 35.7 Å². The van der Waals surface area contributed by atoms with Gasteiger partial charge in [-0.15, -0.1) is 0 Å². The Kier molecular flexibility index (Phi) is 15.7. The number of ether oxygens (including phenoxy) is 4. The van der Waals surface area contributed by atoms with Gasteiger partial charge in [0.05, 0.1) is 18.1 Å². The van der Waals surface area contributed by atoms with Gasteiger partial charge in [0, 0.05) is 24.4 Å². The Bertz CT molecular complexity index is 1420. The standard InChI is InChI=1S/C39H59NO7.C2HF3O/c1-5-6-7-8-9-10-11-12-13-14-15-16-17-18-19-20-33(41)45-28(2)37(42)46-31-23-24-39(43)32-27-29-21-22-30(44-4)35-34(29)38(39,36(31)47-35)25-26-40(32)3;3-2(4,5)1-6/h21-23,28,32,36,43H,5-20,24-27H2,1-4H3;1H/t28-,32+,36-,38-,39+;/m0./s1. The predicted octanol–water partition coefficient (Wildman–Crippen LogP) is 8.46. The minimum absolute atomic E-state index is 0.0812. The number of halogens is 3. The molecule has 0 amide bonds. The summed E-state index contributed by atoms with van der Waals surface area (Å²) in [6.45, 7) is 4.61. The molecule has 1 N–H and O–H groups in total. The second-order valence-electron chi connectivity index (χ2n) is 15.2. The summed E-state index contributed by atoms with van der Waals surface area (Å²) < 4.78 is 54.9. The smallest absolute Gasteiger partial charge is 0.446 e. The van der Waals surface area contributed by atoms with Gasteiger partial charge < -0.3 is 29.0 Å². The second kappa shape index (κ2) is 19.5. The first-order valence-electron chi connectivity index (χ1n) is 19.8. The van der Waals surface area contributed by atoms with Gasteiger partial charge in [0.2, 0.25) is 6.29 Å². The normalized spacial score (nSPS) is 24.5. The molecule has 2 bridgehead atoms. The van der Waals surface area contributed by atoms with Crippen molar-refractivity contribution in [3.8, 4) is 11.5 Å². The van der Waals surface area contributed by atoms with E-state index in [9.17, 15) is 27.9 Å². The Labute approximate surface area is 312 Å². The van der Waals surface area contributed by atoms with Crippen molar-refractivity contribution in [3.63, 3.8) is 0 Å². The first-order chi connectivity index (χ1) is 25.3. The number of nitrogens with zero attached hydrogens (tertiary/aromatic N) is 1. The molecule has 1 saturated heterocycles. The Morgan fingerprint density at radius 2 is 1.57 bits per heavy atom.